The van der Waals surface area contributed by atoms with Crippen molar-refractivity contribution in [2.45, 2.75) is 13.5 Å². The second-order valence-electron chi connectivity index (χ2n) is 4.73. The topological polar surface area (TPSA) is 70.7 Å². The van der Waals surface area contributed by atoms with Crippen molar-refractivity contribution in [1.82, 2.24) is 20.3 Å². The molecule has 1 aromatic carbocycles. The van der Waals surface area contributed by atoms with Gasteiger partial charge in [0.25, 0.3) is 5.91 Å². The number of para-hydroxylation sites is 2. The lowest BCUT2D eigenvalue weighted by Gasteiger charge is -2.04. The fourth-order valence-electron chi connectivity index (χ4n) is 2.04. The lowest BCUT2D eigenvalue weighted by Crippen LogP contribution is -2.25. The van der Waals surface area contributed by atoms with E-state index in [4.69, 9.17) is 0 Å². The minimum atomic E-state index is -0.628. The van der Waals surface area contributed by atoms with Crippen molar-refractivity contribution in [2.75, 3.05) is 0 Å². The van der Waals surface area contributed by atoms with Gasteiger partial charge in [-0.1, -0.05) is 12.1 Å². The van der Waals surface area contributed by atoms with E-state index >= 15 is 0 Å². The number of halogens is 1. The average molecular weight is 284 g/mol. The van der Waals surface area contributed by atoms with E-state index in [1.807, 2.05) is 24.3 Å². The first kappa shape index (κ1) is 13.2. The summed E-state index contributed by atoms with van der Waals surface area (Å²) in [6.07, 6.45) is 1.46. The van der Waals surface area contributed by atoms with Gasteiger partial charge in [0.1, 0.15) is 5.82 Å². The van der Waals surface area contributed by atoms with Crippen molar-refractivity contribution in [1.29, 1.82) is 0 Å². The maximum atomic E-state index is 13.6. The maximum absolute atomic E-state index is 13.6. The Bertz CT molecular complexity index is 779. The first-order chi connectivity index (χ1) is 10.1. The van der Waals surface area contributed by atoms with Gasteiger partial charge in [0.05, 0.1) is 17.6 Å². The van der Waals surface area contributed by atoms with E-state index in [0.717, 1.165) is 11.0 Å². The summed E-state index contributed by atoms with van der Waals surface area (Å²) in [5.74, 6) is -0.581. The smallest absolute Gasteiger partial charge is 0.273 e. The second kappa shape index (κ2) is 5.32. The fourth-order valence-corrected chi connectivity index (χ4v) is 2.04. The van der Waals surface area contributed by atoms with Gasteiger partial charge in [-0.3, -0.25) is 4.79 Å². The molecule has 0 saturated heterocycles. The molecule has 3 rings (SSSR count). The molecule has 3 aromatic rings. The summed E-state index contributed by atoms with van der Waals surface area (Å²) in [4.78, 5) is 23.1. The Hall–Kier alpha value is -2.76. The Labute approximate surface area is 120 Å². The number of aryl methyl sites for hydroxylation is 1. The molecule has 0 spiro atoms. The van der Waals surface area contributed by atoms with Gasteiger partial charge in [0, 0.05) is 6.20 Å². The number of nitrogens with zero attached hydrogens (tertiary/aromatic N) is 2. The molecule has 0 aliphatic heterocycles. The van der Waals surface area contributed by atoms with Crippen LogP contribution in [0.5, 0.6) is 0 Å². The molecule has 2 aromatic heterocycles. The van der Waals surface area contributed by atoms with Crippen molar-refractivity contribution in [3.05, 3.63) is 59.4 Å². The third-order valence-electron chi connectivity index (χ3n) is 3.05. The highest BCUT2D eigenvalue weighted by Crippen LogP contribution is 2.10. The number of hydrogen-bond donors (Lipinski definition) is 2. The molecule has 0 bridgehead atoms. The zero-order chi connectivity index (χ0) is 14.8. The van der Waals surface area contributed by atoms with Crippen LogP contribution in [0.3, 0.4) is 0 Å². The zero-order valence-electron chi connectivity index (χ0n) is 11.4. The normalized spacial score (nSPS) is 10.8. The van der Waals surface area contributed by atoms with Crippen LogP contribution in [0.15, 0.2) is 36.5 Å². The summed E-state index contributed by atoms with van der Waals surface area (Å²) >= 11 is 0. The molecule has 0 aliphatic carbocycles. The number of carbonyl (C=O) groups is 1. The van der Waals surface area contributed by atoms with E-state index in [1.165, 1.54) is 12.3 Å². The monoisotopic (exact) mass is 284 g/mol. The van der Waals surface area contributed by atoms with Gasteiger partial charge in [-0.25, -0.2) is 14.4 Å². The summed E-state index contributed by atoms with van der Waals surface area (Å²) in [5.41, 5.74) is 2.17. The number of benzene rings is 1. The molecule has 0 unspecified atom stereocenters. The van der Waals surface area contributed by atoms with Gasteiger partial charge in [-0.05, 0) is 30.7 Å². The maximum Gasteiger partial charge on any atom is 0.273 e. The van der Waals surface area contributed by atoms with E-state index in [2.05, 4.69) is 20.3 Å². The predicted octanol–water partition coefficient (Wildman–Crippen LogP) is 2.34. The molecule has 0 radical (unpaired) electrons. The number of rotatable bonds is 3. The standard InChI is InChI=1S/C15H13FN4O/c1-9-6-10(16)14(17-7-9)15(21)18-8-13-19-11-4-2-3-5-12(11)20-13/h2-7H,8H2,1H3,(H,18,21)(H,19,20). The summed E-state index contributed by atoms with van der Waals surface area (Å²) < 4.78 is 13.6. The second-order valence-corrected chi connectivity index (χ2v) is 4.73. The van der Waals surface area contributed by atoms with Crippen molar-refractivity contribution in [3.8, 4) is 0 Å². The highest BCUT2D eigenvalue weighted by molar-refractivity contribution is 5.92. The van der Waals surface area contributed by atoms with Crippen LogP contribution in [0.1, 0.15) is 21.9 Å². The summed E-state index contributed by atoms with van der Waals surface area (Å²) in [6.45, 7) is 1.90. The molecule has 21 heavy (non-hydrogen) atoms. The number of aromatic amines is 1. The third-order valence-corrected chi connectivity index (χ3v) is 3.05. The Balaban J connectivity index is 1.73. The van der Waals surface area contributed by atoms with Gasteiger partial charge in [-0.2, -0.15) is 0 Å². The number of nitrogens with one attached hydrogen (secondary N) is 2. The molecule has 1 amide bonds. The minimum Gasteiger partial charge on any atom is -0.343 e. The quantitative estimate of drug-likeness (QED) is 0.775. The molecule has 106 valence electrons. The van der Waals surface area contributed by atoms with Crippen molar-refractivity contribution in [2.24, 2.45) is 0 Å². The predicted molar refractivity (Wildman–Crippen MR) is 76.2 cm³/mol. The Kier molecular flexibility index (Phi) is 3.35. The number of fused-ring (bicyclic) bond motifs is 1. The first-order valence-corrected chi connectivity index (χ1v) is 6.47. The Morgan fingerprint density at radius 3 is 2.95 bits per heavy atom. The summed E-state index contributed by atoms with van der Waals surface area (Å²) in [7, 11) is 0. The Morgan fingerprint density at radius 2 is 2.19 bits per heavy atom. The zero-order valence-corrected chi connectivity index (χ0v) is 11.4. The molecule has 0 fully saturated rings. The van der Waals surface area contributed by atoms with Crippen LogP contribution in [-0.4, -0.2) is 20.9 Å². The van der Waals surface area contributed by atoms with Gasteiger partial charge >= 0.3 is 0 Å². The lowest BCUT2D eigenvalue weighted by atomic mass is 10.2. The highest BCUT2D eigenvalue weighted by atomic mass is 19.1. The third kappa shape index (κ3) is 2.74. The van der Waals surface area contributed by atoms with Crippen LogP contribution >= 0.6 is 0 Å². The van der Waals surface area contributed by atoms with E-state index in [0.29, 0.717) is 11.4 Å². The highest BCUT2D eigenvalue weighted by Gasteiger charge is 2.13. The average Bonchev–Trinajstić information content (AvgIpc) is 2.87. The number of aromatic nitrogens is 3. The van der Waals surface area contributed by atoms with Crippen molar-refractivity contribution < 1.29 is 9.18 Å². The van der Waals surface area contributed by atoms with Crippen molar-refractivity contribution >= 4 is 16.9 Å². The van der Waals surface area contributed by atoms with Crippen molar-refractivity contribution in [3.63, 3.8) is 0 Å². The number of imidazole rings is 1. The molecular weight excluding hydrogens is 271 g/mol. The number of carbonyl (C=O) groups excluding carboxylic acids is 1. The van der Waals surface area contributed by atoms with Gasteiger partial charge in [-0.15, -0.1) is 0 Å². The summed E-state index contributed by atoms with van der Waals surface area (Å²) in [5, 5.41) is 2.60. The van der Waals surface area contributed by atoms with Crippen LogP contribution in [-0.2, 0) is 6.54 Å². The molecule has 2 heterocycles. The van der Waals surface area contributed by atoms with Crippen LogP contribution in [0, 0.1) is 12.7 Å². The molecule has 0 aliphatic rings. The van der Waals surface area contributed by atoms with E-state index in [1.54, 1.807) is 6.92 Å². The fraction of sp³-hybridized carbons (Fsp3) is 0.133. The minimum absolute atomic E-state index is 0.183. The van der Waals surface area contributed by atoms with Crippen LogP contribution < -0.4 is 5.32 Å². The molecular formula is C15H13FN4O. The number of amides is 1. The Morgan fingerprint density at radius 1 is 1.38 bits per heavy atom. The van der Waals surface area contributed by atoms with E-state index in [-0.39, 0.29) is 12.2 Å². The number of pyridine rings is 1. The molecule has 5 nitrogen and oxygen atoms in total. The number of H-pyrrole nitrogens is 1. The molecule has 2 N–H and O–H groups in total. The number of hydrogen-bond acceptors (Lipinski definition) is 3. The van der Waals surface area contributed by atoms with Crippen LogP contribution in [0.2, 0.25) is 0 Å². The summed E-state index contributed by atoms with van der Waals surface area (Å²) in [6, 6.07) is 8.84. The largest absolute Gasteiger partial charge is 0.343 e. The first-order valence-electron chi connectivity index (χ1n) is 6.47. The van der Waals surface area contributed by atoms with Gasteiger partial charge in [0.2, 0.25) is 0 Å². The van der Waals surface area contributed by atoms with E-state index < -0.39 is 11.7 Å². The van der Waals surface area contributed by atoms with E-state index in [9.17, 15) is 9.18 Å². The van der Waals surface area contributed by atoms with Crippen LogP contribution in [0.4, 0.5) is 4.39 Å². The van der Waals surface area contributed by atoms with Gasteiger partial charge in [0.15, 0.2) is 11.5 Å². The molecule has 6 heteroatoms. The molecule has 0 saturated carbocycles. The SMILES string of the molecule is Cc1cnc(C(=O)NCc2nc3ccccc3[nH]2)c(F)c1. The van der Waals surface area contributed by atoms with Crippen LogP contribution in [0.25, 0.3) is 11.0 Å². The lowest BCUT2D eigenvalue weighted by molar-refractivity contribution is 0.0940. The molecule has 0 atom stereocenters. The van der Waals surface area contributed by atoms with Gasteiger partial charge < -0.3 is 10.3 Å².